The summed E-state index contributed by atoms with van der Waals surface area (Å²) < 4.78 is 13.6. The van der Waals surface area contributed by atoms with Crippen LogP contribution in [0.2, 0.25) is 0 Å². The lowest BCUT2D eigenvalue weighted by atomic mass is 9.79. The summed E-state index contributed by atoms with van der Waals surface area (Å²) >= 11 is 0. The van der Waals surface area contributed by atoms with Crippen molar-refractivity contribution in [3.05, 3.63) is 35.1 Å². The Morgan fingerprint density at radius 2 is 2.00 bits per heavy atom. The Balaban J connectivity index is 1.90. The lowest BCUT2D eigenvalue weighted by Crippen LogP contribution is -2.35. The van der Waals surface area contributed by atoms with Crippen molar-refractivity contribution in [1.82, 2.24) is 5.32 Å². The van der Waals surface area contributed by atoms with Gasteiger partial charge in [-0.1, -0.05) is 31.5 Å². The van der Waals surface area contributed by atoms with E-state index in [1.165, 1.54) is 19.3 Å². The van der Waals surface area contributed by atoms with Crippen molar-refractivity contribution >= 4 is 0 Å². The first kappa shape index (κ1) is 13.5. The fourth-order valence-electron chi connectivity index (χ4n) is 2.83. The molecule has 0 heterocycles. The second kappa shape index (κ2) is 5.83. The van der Waals surface area contributed by atoms with Gasteiger partial charge in [-0.05, 0) is 44.1 Å². The third kappa shape index (κ3) is 3.32. The van der Waals surface area contributed by atoms with Gasteiger partial charge in [0, 0.05) is 18.2 Å². The predicted octanol–water partition coefficient (Wildman–Crippen LogP) is 4.05. The van der Waals surface area contributed by atoms with Gasteiger partial charge in [0.15, 0.2) is 0 Å². The zero-order valence-corrected chi connectivity index (χ0v) is 11.7. The van der Waals surface area contributed by atoms with Crippen LogP contribution in [0.15, 0.2) is 18.2 Å². The molecule has 1 aromatic carbocycles. The first-order valence-electron chi connectivity index (χ1n) is 7.04. The Morgan fingerprint density at radius 1 is 1.22 bits per heavy atom. The standard InChI is InChI=1S/C16H24FN/c1-11-4-7-16(17)14(8-11)10-18-15-6-5-12(2)13(3)9-15/h4,7-8,12-13,15,18H,5-6,9-10H2,1-3H3. The van der Waals surface area contributed by atoms with Crippen molar-refractivity contribution in [3.63, 3.8) is 0 Å². The van der Waals surface area contributed by atoms with Crippen molar-refractivity contribution in [2.75, 3.05) is 0 Å². The summed E-state index contributed by atoms with van der Waals surface area (Å²) in [6.45, 7) is 7.32. The van der Waals surface area contributed by atoms with Crippen molar-refractivity contribution in [2.24, 2.45) is 11.8 Å². The van der Waals surface area contributed by atoms with Crippen LogP contribution < -0.4 is 5.32 Å². The molecule has 1 saturated carbocycles. The molecular formula is C16H24FN. The lowest BCUT2D eigenvalue weighted by Gasteiger charge is -2.32. The number of halogens is 1. The van der Waals surface area contributed by atoms with Crippen molar-refractivity contribution < 1.29 is 4.39 Å². The van der Waals surface area contributed by atoms with Gasteiger partial charge in [0.05, 0.1) is 0 Å². The SMILES string of the molecule is Cc1ccc(F)c(CNC2CCC(C)C(C)C2)c1. The summed E-state index contributed by atoms with van der Waals surface area (Å²) in [5, 5.41) is 3.52. The van der Waals surface area contributed by atoms with Crippen LogP contribution in [-0.2, 0) is 6.54 Å². The summed E-state index contributed by atoms with van der Waals surface area (Å²) in [6.07, 6.45) is 3.72. The normalized spacial score (nSPS) is 28.3. The molecule has 1 aromatic rings. The summed E-state index contributed by atoms with van der Waals surface area (Å²) in [7, 11) is 0. The molecule has 0 bridgehead atoms. The minimum Gasteiger partial charge on any atom is -0.310 e. The van der Waals surface area contributed by atoms with E-state index in [1.807, 2.05) is 19.1 Å². The molecule has 2 heteroatoms. The largest absolute Gasteiger partial charge is 0.310 e. The maximum absolute atomic E-state index is 13.6. The number of benzene rings is 1. The van der Waals surface area contributed by atoms with E-state index >= 15 is 0 Å². The van der Waals surface area contributed by atoms with Crippen molar-refractivity contribution in [2.45, 2.75) is 52.6 Å². The van der Waals surface area contributed by atoms with Crippen LogP contribution in [0.1, 0.15) is 44.2 Å². The van der Waals surface area contributed by atoms with Gasteiger partial charge in [-0.3, -0.25) is 0 Å². The van der Waals surface area contributed by atoms with E-state index in [1.54, 1.807) is 6.07 Å². The van der Waals surface area contributed by atoms with Crippen LogP contribution in [0.3, 0.4) is 0 Å². The van der Waals surface area contributed by atoms with Gasteiger partial charge < -0.3 is 5.32 Å². The first-order chi connectivity index (χ1) is 8.56. The number of rotatable bonds is 3. The smallest absolute Gasteiger partial charge is 0.127 e. The highest BCUT2D eigenvalue weighted by atomic mass is 19.1. The van der Waals surface area contributed by atoms with E-state index in [4.69, 9.17) is 0 Å². The van der Waals surface area contributed by atoms with E-state index in [0.29, 0.717) is 12.6 Å². The summed E-state index contributed by atoms with van der Waals surface area (Å²) in [4.78, 5) is 0. The van der Waals surface area contributed by atoms with Crippen LogP contribution in [0, 0.1) is 24.6 Å². The van der Waals surface area contributed by atoms with Gasteiger partial charge in [0.25, 0.3) is 0 Å². The van der Waals surface area contributed by atoms with Gasteiger partial charge >= 0.3 is 0 Å². The van der Waals surface area contributed by atoms with Crippen molar-refractivity contribution in [1.29, 1.82) is 0 Å². The quantitative estimate of drug-likeness (QED) is 0.852. The molecule has 0 amide bonds. The molecule has 0 aromatic heterocycles. The molecular weight excluding hydrogens is 225 g/mol. The Kier molecular flexibility index (Phi) is 4.39. The molecule has 0 spiro atoms. The molecule has 0 radical (unpaired) electrons. The van der Waals surface area contributed by atoms with Crippen LogP contribution in [0.5, 0.6) is 0 Å². The third-order valence-corrected chi connectivity index (χ3v) is 4.38. The Morgan fingerprint density at radius 3 is 2.72 bits per heavy atom. The van der Waals surface area contributed by atoms with Crippen LogP contribution in [0.25, 0.3) is 0 Å². The van der Waals surface area contributed by atoms with Gasteiger partial charge in [-0.25, -0.2) is 4.39 Å². The molecule has 1 N–H and O–H groups in total. The minimum atomic E-state index is -0.0923. The molecule has 1 aliphatic rings. The monoisotopic (exact) mass is 249 g/mol. The summed E-state index contributed by atoms with van der Waals surface area (Å²) in [5.41, 5.74) is 1.92. The highest BCUT2D eigenvalue weighted by Crippen LogP contribution is 2.29. The number of nitrogens with one attached hydrogen (secondary N) is 1. The van der Waals surface area contributed by atoms with Gasteiger partial charge in [-0.2, -0.15) is 0 Å². The van der Waals surface area contributed by atoms with E-state index in [-0.39, 0.29) is 5.82 Å². The molecule has 1 aliphatic carbocycles. The number of hydrogen-bond acceptors (Lipinski definition) is 1. The molecule has 100 valence electrons. The average Bonchev–Trinajstić information content (AvgIpc) is 2.34. The molecule has 1 nitrogen and oxygen atoms in total. The minimum absolute atomic E-state index is 0.0923. The molecule has 1 fully saturated rings. The maximum atomic E-state index is 13.6. The fraction of sp³-hybridized carbons (Fsp3) is 0.625. The number of hydrogen-bond donors (Lipinski definition) is 1. The van der Waals surface area contributed by atoms with Gasteiger partial charge in [0.1, 0.15) is 5.82 Å². The van der Waals surface area contributed by atoms with Gasteiger partial charge in [-0.15, -0.1) is 0 Å². The Bertz CT molecular complexity index is 402. The van der Waals surface area contributed by atoms with E-state index < -0.39 is 0 Å². The first-order valence-corrected chi connectivity index (χ1v) is 7.04. The Labute approximate surface area is 110 Å². The summed E-state index contributed by atoms with van der Waals surface area (Å²) in [6, 6.07) is 5.88. The van der Waals surface area contributed by atoms with Crippen LogP contribution in [-0.4, -0.2) is 6.04 Å². The molecule has 3 unspecified atom stereocenters. The molecule has 0 saturated heterocycles. The molecule has 0 aliphatic heterocycles. The second-order valence-electron chi connectivity index (χ2n) is 5.94. The highest BCUT2D eigenvalue weighted by molar-refractivity contribution is 5.23. The van der Waals surface area contributed by atoms with E-state index in [9.17, 15) is 4.39 Å². The Hall–Kier alpha value is -0.890. The molecule has 3 atom stereocenters. The van der Waals surface area contributed by atoms with E-state index in [2.05, 4.69) is 19.2 Å². The molecule has 2 rings (SSSR count). The van der Waals surface area contributed by atoms with Crippen molar-refractivity contribution in [3.8, 4) is 0 Å². The fourth-order valence-corrected chi connectivity index (χ4v) is 2.83. The zero-order chi connectivity index (χ0) is 13.1. The van der Waals surface area contributed by atoms with Crippen LogP contribution in [0.4, 0.5) is 4.39 Å². The maximum Gasteiger partial charge on any atom is 0.127 e. The van der Waals surface area contributed by atoms with Gasteiger partial charge in [0.2, 0.25) is 0 Å². The molecule has 18 heavy (non-hydrogen) atoms. The third-order valence-electron chi connectivity index (χ3n) is 4.38. The predicted molar refractivity (Wildman–Crippen MR) is 73.9 cm³/mol. The topological polar surface area (TPSA) is 12.0 Å². The summed E-state index contributed by atoms with van der Waals surface area (Å²) in [5.74, 6) is 1.52. The van der Waals surface area contributed by atoms with Crippen LogP contribution >= 0.6 is 0 Å². The number of aryl methyl sites for hydroxylation is 1. The highest BCUT2D eigenvalue weighted by Gasteiger charge is 2.24. The second-order valence-corrected chi connectivity index (χ2v) is 5.94. The van der Waals surface area contributed by atoms with E-state index in [0.717, 1.165) is 23.0 Å². The lowest BCUT2D eigenvalue weighted by molar-refractivity contribution is 0.225. The average molecular weight is 249 g/mol. The zero-order valence-electron chi connectivity index (χ0n) is 11.7.